The Morgan fingerprint density at radius 2 is 1.95 bits per heavy atom. The summed E-state index contributed by atoms with van der Waals surface area (Å²) in [5.74, 6) is 0.646. The van der Waals surface area contributed by atoms with E-state index < -0.39 is 12.1 Å². The van der Waals surface area contributed by atoms with E-state index in [0.717, 1.165) is 0 Å². The molecule has 0 spiro atoms. The van der Waals surface area contributed by atoms with E-state index in [1.807, 2.05) is 12.1 Å². The smallest absolute Gasteiger partial charge is 0.351 e. The summed E-state index contributed by atoms with van der Waals surface area (Å²) in [4.78, 5) is 12.1. The molecule has 1 aliphatic heterocycles. The first-order chi connectivity index (χ1) is 10.6. The summed E-state index contributed by atoms with van der Waals surface area (Å²) in [7, 11) is 0. The minimum atomic E-state index is -0.791. The van der Waals surface area contributed by atoms with Gasteiger partial charge in [0.25, 0.3) is 0 Å². The second-order valence-corrected chi connectivity index (χ2v) is 5.55. The van der Waals surface area contributed by atoms with Crippen molar-refractivity contribution in [1.29, 1.82) is 0 Å². The van der Waals surface area contributed by atoms with Crippen molar-refractivity contribution in [1.82, 2.24) is 0 Å². The number of para-hydroxylation sites is 2. The summed E-state index contributed by atoms with van der Waals surface area (Å²) >= 11 is 11.9. The summed E-state index contributed by atoms with van der Waals surface area (Å²) in [6, 6.07) is 12.2. The van der Waals surface area contributed by atoms with Crippen LogP contribution in [0, 0.1) is 0 Å². The molecule has 4 nitrogen and oxygen atoms in total. The van der Waals surface area contributed by atoms with Gasteiger partial charge < -0.3 is 14.2 Å². The molecule has 22 heavy (non-hydrogen) atoms. The van der Waals surface area contributed by atoms with Crippen LogP contribution in [0.25, 0.3) is 0 Å². The number of fused-ring (bicyclic) bond motifs is 1. The number of halogens is 2. The summed E-state index contributed by atoms with van der Waals surface area (Å²) in [5.41, 5.74) is 0.677. The first-order valence-electron chi connectivity index (χ1n) is 6.62. The average Bonchev–Trinajstić information content (AvgIpc) is 2.53. The number of hydrogen-bond donors (Lipinski definition) is 0. The quantitative estimate of drug-likeness (QED) is 0.796. The van der Waals surface area contributed by atoms with Crippen LogP contribution in [0.4, 0.5) is 0 Å². The number of benzene rings is 2. The zero-order chi connectivity index (χ0) is 15.5. The van der Waals surface area contributed by atoms with E-state index in [-0.39, 0.29) is 13.2 Å². The van der Waals surface area contributed by atoms with E-state index in [4.69, 9.17) is 37.4 Å². The van der Waals surface area contributed by atoms with Crippen LogP contribution >= 0.6 is 23.2 Å². The van der Waals surface area contributed by atoms with Gasteiger partial charge in [-0.2, -0.15) is 0 Å². The molecule has 6 heteroatoms. The summed E-state index contributed by atoms with van der Waals surface area (Å²) in [6.45, 7) is 0.167. The molecule has 0 saturated carbocycles. The van der Waals surface area contributed by atoms with Gasteiger partial charge >= 0.3 is 5.97 Å². The fourth-order valence-electron chi connectivity index (χ4n) is 2.02. The van der Waals surface area contributed by atoms with Crippen LogP contribution in [0.2, 0.25) is 10.0 Å². The zero-order valence-corrected chi connectivity index (χ0v) is 12.9. The lowest BCUT2D eigenvalue weighted by atomic mass is 10.2. The van der Waals surface area contributed by atoms with Crippen molar-refractivity contribution >= 4 is 29.2 Å². The molecular weight excluding hydrogens is 327 g/mol. The van der Waals surface area contributed by atoms with Gasteiger partial charge in [-0.1, -0.05) is 41.4 Å². The minimum absolute atomic E-state index is 0.0519. The van der Waals surface area contributed by atoms with Crippen LogP contribution in [0.1, 0.15) is 5.56 Å². The van der Waals surface area contributed by atoms with Crippen molar-refractivity contribution in [3.05, 3.63) is 58.1 Å². The predicted octanol–water partition coefficient (Wildman–Crippen LogP) is 3.88. The number of ether oxygens (including phenoxy) is 3. The van der Waals surface area contributed by atoms with Crippen LogP contribution in [-0.2, 0) is 16.1 Å². The van der Waals surface area contributed by atoms with Crippen LogP contribution in [0.3, 0.4) is 0 Å². The zero-order valence-electron chi connectivity index (χ0n) is 11.4. The maximum absolute atomic E-state index is 12.1. The lowest BCUT2D eigenvalue weighted by Gasteiger charge is -2.25. The van der Waals surface area contributed by atoms with Crippen LogP contribution in [0.5, 0.6) is 11.5 Å². The fraction of sp³-hybridized carbons (Fsp3) is 0.188. The molecule has 2 aromatic rings. The summed E-state index contributed by atoms with van der Waals surface area (Å²) in [6.07, 6.45) is -0.791. The van der Waals surface area contributed by atoms with E-state index >= 15 is 0 Å². The molecule has 0 amide bonds. The van der Waals surface area contributed by atoms with Crippen molar-refractivity contribution in [2.24, 2.45) is 0 Å². The number of carbonyl (C=O) groups excluding carboxylic acids is 1. The van der Waals surface area contributed by atoms with E-state index in [2.05, 4.69) is 0 Å². The van der Waals surface area contributed by atoms with Gasteiger partial charge in [0.05, 0.1) is 0 Å². The summed E-state index contributed by atoms with van der Waals surface area (Å²) < 4.78 is 16.3. The molecule has 114 valence electrons. The SMILES string of the molecule is O=C(OCc1ccc(Cl)cc1Cl)[C@@H]1COc2ccccc2O1. The third-order valence-electron chi connectivity index (χ3n) is 3.16. The highest BCUT2D eigenvalue weighted by Crippen LogP contribution is 2.31. The maximum Gasteiger partial charge on any atom is 0.351 e. The number of carbonyl (C=O) groups is 1. The first-order valence-corrected chi connectivity index (χ1v) is 7.38. The molecule has 1 aliphatic rings. The predicted molar refractivity (Wildman–Crippen MR) is 82.6 cm³/mol. The van der Waals surface area contributed by atoms with E-state index in [0.29, 0.717) is 27.1 Å². The third-order valence-corrected chi connectivity index (χ3v) is 3.74. The molecule has 1 heterocycles. The molecule has 0 saturated heterocycles. The maximum atomic E-state index is 12.1. The molecule has 2 aromatic carbocycles. The van der Waals surface area contributed by atoms with Crippen LogP contribution < -0.4 is 9.47 Å². The van der Waals surface area contributed by atoms with Gasteiger partial charge in [0.2, 0.25) is 6.10 Å². The molecule has 0 bridgehead atoms. The van der Waals surface area contributed by atoms with Crippen LogP contribution in [-0.4, -0.2) is 18.7 Å². The Morgan fingerprint density at radius 1 is 1.18 bits per heavy atom. The third kappa shape index (κ3) is 3.29. The fourth-order valence-corrected chi connectivity index (χ4v) is 2.48. The molecule has 0 fully saturated rings. The van der Waals surface area contributed by atoms with Gasteiger partial charge in [0.15, 0.2) is 11.5 Å². The lowest BCUT2D eigenvalue weighted by Crippen LogP contribution is -2.37. The van der Waals surface area contributed by atoms with E-state index in [1.54, 1.807) is 30.3 Å². The van der Waals surface area contributed by atoms with Gasteiger partial charge in [0.1, 0.15) is 13.2 Å². The summed E-state index contributed by atoms with van der Waals surface area (Å²) in [5, 5.41) is 0.979. The Kier molecular flexibility index (Phi) is 4.41. The minimum Gasteiger partial charge on any atom is -0.485 e. The van der Waals surface area contributed by atoms with Gasteiger partial charge in [-0.05, 0) is 24.3 Å². The van der Waals surface area contributed by atoms with Crippen molar-refractivity contribution in [3.8, 4) is 11.5 Å². The Balaban J connectivity index is 1.61. The molecule has 0 aromatic heterocycles. The van der Waals surface area contributed by atoms with Gasteiger partial charge in [0, 0.05) is 15.6 Å². The molecule has 0 aliphatic carbocycles. The first kappa shape index (κ1) is 15.0. The Morgan fingerprint density at radius 3 is 2.73 bits per heavy atom. The van der Waals surface area contributed by atoms with Crippen molar-refractivity contribution in [2.45, 2.75) is 12.7 Å². The largest absolute Gasteiger partial charge is 0.485 e. The molecule has 0 N–H and O–H groups in total. The Bertz CT molecular complexity index is 702. The highest BCUT2D eigenvalue weighted by atomic mass is 35.5. The van der Waals surface area contributed by atoms with E-state index in [1.165, 1.54) is 0 Å². The average molecular weight is 339 g/mol. The molecule has 3 rings (SSSR count). The van der Waals surface area contributed by atoms with Gasteiger partial charge in [-0.15, -0.1) is 0 Å². The second kappa shape index (κ2) is 6.46. The van der Waals surface area contributed by atoms with Crippen molar-refractivity contribution in [3.63, 3.8) is 0 Å². The van der Waals surface area contributed by atoms with E-state index in [9.17, 15) is 4.79 Å². The number of esters is 1. The molecule has 0 unspecified atom stereocenters. The van der Waals surface area contributed by atoms with Gasteiger partial charge in [-0.25, -0.2) is 4.79 Å². The monoisotopic (exact) mass is 338 g/mol. The second-order valence-electron chi connectivity index (χ2n) is 4.71. The Labute approximate surface area is 137 Å². The van der Waals surface area contributed by atoms with Crippen LogP contribution in [0.15, 0.2) is 42.5 Å². The highest BCUT2D eigenvalue weighted by molar-refractivity contribution is 6.35. The van der Waals surface area contributed by atoms with Crippen molar-refractivity contribution < 1.29 is 19.0 Å². The lowest BCUT2D eigenvalue weighted by molar-refractivity contribution is -0.155. The standard InChI is InChI=1S/C16H12Cl2O4/c17-11-6-5-10(12(18)7-11)8-21-16(19)15-9-20-13-3-1-2-4-14(13)22-15/h1-7,15H,8-9H2/t15-/m0/s1. The number of hydrogen-bond acceptors (Lipinski definition) is 4. The Hall–Kier alpha value is -1.91. The normalized spacial score (nSPS) is 16.2. The molecular formula is C16H12Cl2O4. The number of rotatable bonds is 3. The van der Waals surface area contributed by atoms with Crippen molar-refractivity contribution in [2.75, 3.05) is 6.61 Å². The molecule has 0 radical (unpaired) electrons. The molecule has 1 atom stereocenters. The topological polar surface area (TPSA) is 44.8 Å². The van der Waals surface area contributed by atoms with Gasteiger partial charge in [-0.3, -0.25) is 0 Å². The highest BCUT2D eigenvalue weighted by Gasteiger charge is 2.28.